The summed E-state index contributed by atoms with van der Waals surface area (Å²) < 4.78 is 28.9. The summed E-state index contributed by atoms with van der Waals surface area (Å²) in [4.78, 5) is 34.2. The SMILES string of the molecule is CCCCOC(=O)N1C2CCC1CN(c1nc(OCC34CCCN3CCC4)nc3c(F)c(-c4ccccc4C4(C)CC4)ncc13)C2. The first-order chi connectivity index (χ1) is 22.4. The first-order valence-corrected chi connectivity index (χ1v) is 17.4. The van der Waals surface area contributed by atoms with Crippen LogP contribution in [0.3, 0.4) is 0 Å². The molecular weight excluding hydrogens is 583 g/mol. The van der Waals surface area contributed by atoms with Gasteiger partial charge in [-0.05, 0) is 81.9 Å². The molecule has 2 aromatic heterocycles. The highest BCUT2D eigenvalue weighted by molar-refractivity contribution is 5.92. The van der Waals surface area contributed by atoms with Gasteiger partial charge in [0.25, 0.3) is 0 Å². The van der Waals surface area contributed by atoms with Gasteiger partial charge in [0, 0.05) is 24.8 Å². The van der Waals surface area contributed by atoms with Crippen LogP contribution in [0.1, 0.15) is 83.6 Å². The summed E-state index contributed by atoms with van der Waals surface area (Å²) in [6, 6.07) is 8.28. The summed E-state index contributed by atoms with van der Waals surface area (Å²) >= 11 is 0. The van der Waals surface area contributed by atoms with Gasteiger partial charge in [-0.25, -0.2) is 9.18 Å². The second-order valence-corrected chi connectivity index (χ2v) is 14.5. The number of hydrogen-bond acceptors (Lipinski definition) is 8. The summed E-state index contributed by atoms with van der Waals surface area (Å²) in [5.74, 6) is 0.189. The summed E-state index contributed by atoms with van der Waals surface area (Å²) in [5, 5.41) is 0.573. The van der Waals surface area contributed by atoms with Crippen molar-refractivity contribution in [3.05, 3.63) is 41.8 Å². The number of rotatable bonds is 9. The molecule has 0 radical (unpaired) electrons. The molecule has 9 nitrogen and oxygen atoms in total. The molecule has 0 spiro atoms. The van der Waals surface area contributed by atoms with E-state index in [0.29, 0.717) is 43.2 Å². The van der Waals surface area contributed by atoms with Gasteiger partial charge >= 0.3 is 12.1 Å². The van der Waals surface area contributed by atoms with Gasteiger partial charge in [0.1, 0.15) is 23.6 Å². The lowest BCUT2D eigenvalue weighted by Crippen LogP contribution is -2.56. The number of nitrogens with zero attached hydrogens (tertiary/aromatic N) is 6. The topological polar surface area (TPSA) is 83.9 Å². The van der Waals surface area contributed by atoms with E-state index in [1.807, 2.05) is 23.1 Å². The molecule has 1 aromatic carbocycles. The van der Waals surface area contributed by atoms with Crippen LogP contribution in [0.5, 0.6) is 6.01 Å². The average molecular weight is 629 g/mol. The lowest BCUT2D eigenvalue weighted by Gasteiger charge is -2.41. The average Bonchev–Trinajstić information content (AvgIpc) is 3.36. The number of halogens is 1. The Labute approximate surface area is 270 Å². The smallest absolute Gasteiger partial charge is 0.410 e. The summed E-state index contributed by atoms with van der Waals surface area (Å²) in [6.07, 6.45) is 11.9. The quantitative estimate of drug-likeness (QED) is 0.249. The molecule has 5 aliphatic rings. The second-order valence-electron chi connectivity index (χ2n) is 14.5. The molecule has 1 amide bonds. The minimum Gasteiger partial charge on any atom is -0.461 e. The molecule has 2 unspecified atom stereocenters. The van der Waals surface area contributed by atoms with Crippen LogP contribution in [0, 0.1) is 5.82 Å². The van der Waals surface area contributed by atoms with Crippen LogP contribution in [0.25, 0.3) is 22.2 Å². The number of carbonyl (C=O) groups excluding carboxylic acids is 1. The third-order valence-electron chi connectivity index (χ3n) is 11.5. The van der Waals surface area contributed by atoms with Gasteiger partial charge < -0.3 is 14.4 Å². The largest absolute Gasteiger partial charge is 0.461 e. The van der Waals surface area contributed by atoms with Crippen molar-refractivity contribution in [1.82, 2.24) is 24.8 Å². The number of unbranched alkanes of at least 4 members (excludes halogenated alkanes) is 1. The Balaban J connectivity index is 1.16. The summed E-state index contributed by atoms with van der Waals surface area (Å²) in [6.45, 7) is 8.65. The van der Waals surface area contributed by atoms with E-state index in [4.69, 9.17) is 24.4 Å². The fraction of sp³-hybridized carbons (Fsp3) is 0.611. The highest BCUT2D eigenvalue weighted by atomic mass is 19.1. The lowest BCUT2D eigenvalue weighted by atomic mass is 9.91. The number of hydrogen-bond donors (Lipinski definition) is 0. The molecule has 10 heteroatoms. The van der Waals surface area contributed by atoms with Gasteiger partial charge in [0.2, 0.25) is 0 Å². The van der Waals surface area contributed by atoms with E-state index >= 15 is 4.39 Å². The minimum absolute atomic E-state index is 0.00919. The number of pyridine rings is 1. The lowest BCUT2D eigenvalue weighted by molar-refractivity contribution is 0.0776. The van der Waals surface area contributed by atoms with Gasteiger partial charge in [-0.3, -0.25) is 14.8 Å². The fourth-order valence-corrected chi connectivity index (χ4v) is 8.60. The Bertz CT molecular complexity index is 1620. The van der Waals surface area contributed by atoms with Crippen molar-refractivity contribution >= 4 is 22.8 Å². The van der Waals surface area contributed by atoms with Gasteiger partial charge in [-0.1, -0.05) is 44.5 Å². The molecule has 46 heavy (non-hydrogen) atoms. The number of carbonyl (C=O) groups is 1. The van der Waals surface area contributed by atoms with Gasteiger partial charge in [-0.2, -0.15) is 9.97 Å². The molecule has 1 saturated carbocycles. The predicted molar refractivity (Wildman–Crippen MR) is 175 cm³/mol. The second kappa shape index (κ2) is 11.6. The molecule has 2 bridgehead atoms. The van der Waals surface area contributed by atoms with Crippen LogP contribution in [0.4, 0.5) is 15.0 Å². The molecule has 244 valence electrons. The van der Waals surface area contributed by atoms with Gasteiger partial charge in [0.05, 0.1) is 29.6 Å². The molecular formula is C36H45FN6O3. The summed E-state index contributed by atoms with van der Waals surface area (Å²) in [7, 11) is 0. The molecule has 6 heterocycles. The van der Waals surface area contributed by atoms with Crippen LogP contribution in [0.2, 0.25) is 0 Å². The van der Waals surface area contributed by atoms with E-state index in [0.717, 1.165) is 75.6 Å². The van der Waals surface area contributed by atoms with Crippen molar-refractivity contribution in [2.75, 3.05) is 44.3 Å². The number of benzene rings is 1. The third-order valence-corrected chi connectivity index (χ3v) is 11.5. The molecule has 0 N–H and O–H groups in total. The minimum atomic E-state index is -0.440. The molecule has 2 atom stereocenters. The Hall–Kier alpha value is -3.53. The monoisotopic (exact) mass is 628 g/mol. The van der Waals surface area contributed by atoms with Crippen LogP contribution >= 0.6 is 0 Å². The van der Waals surface area contributed by atoms with Crippen molar-refractivity contribution < 1.29 is 18.7 Å². The predicted octanol–water partition coefficient (Wildman–Crippen LogP) is 6.48. The zero-order chi connectivity index (χ0) is 31.5. The zero-order valence-corrected chi connectivity index (χ0v) is 27.1. The highest BCUT2D eigenvalue weighted by Crippen LogP contribution is 2.51. The van der Waals surface area contributed by atoms with Crippen LogP contribution in [-0.4, -0.2) is 87.9 Å². The molecule has 1 aliphatic carbocycles. The first kappa shape index (κ1) is 29.8. The molecule has 4 aliphatic heterocycles. The van der Waals surface area contributed by atoms with E-state index in [-0.39, 0.29) is 40.7 Å². The Morgan fingerprint density at radius 2 is 1.78 bits per heavy atom. The summed E-state index contributed by atoms with van der Waals surface area (Å²) in [5.41, 5.74) is 2.58. The van der Waals surface area contributed by atoms with Crippen molar-refractivity contribution in [3.8, 4) is 17.3 Å². The maximum absolute atomic E-state index is 16.8. The van der Waals surface area contributed by atoms with Crippen molar-refractivity contribution in [1.29, 1.82) is 0 Å². The van der Waals surface area contributed by atoms with Crippen molar-refractivity contribution in [2.24, 2.45) is 0 Å². The number of piperazine rings is 1. The number of anilines is 1. The van der Waals surface area contributed by atoms with E-state index < -0.39 is 5.82 Å². The van der Waals surface area contributed by atoms with E-state index in [1.165, 1.54) is 12.8 Å². The highest BCUT2D eigenvalue weighted by Gasteiger charge is 2.46. The normalized spacial score (nSPS) is 24.4. The van der Waals surface area contributed by atoms with Crippen LogP contribution in [-0.2, 0) is 10.2 Å². The Morgan fingerprint density at radius 1 is 1.04 bits per heavy atom. The number of amides is 1. The van der Waals surface area contributed by atoms with Gasteiger partial charge in [-0.15, -0.1) is 0 Å². The van der Waals surface area contributed by atoms with Crippen LogP contribution in [0.15, 0.2) is 30.5 Å². The maximum Gasteiger partial charge on any atom is 0.410 e. The maximum atomic E-state index is 16.8. The first-order valence-electron chi connectivity index (χ1n) is 17.4. The Morgan fingerprint density at radius 3 is 2.50 bits per heavy atom. The number of ether oxygens (including phenoxy) is 2. The molecule has 4 saturated heterocycles. The molecule has 8 rings (SSSR count). The molecule has 3 aromatic rings. The Kier molecular flexibility index (Phi) is 7.54. The third kappa shape index (κ3) is 5.07. The standard InChI is InChI=1S/C36H45FN6O3/c1-3-4-19-45-34(44)43-24-11-12-25(43)22-41(21-24)32-27-20-38-30(26-9-5-6-10-28(26)35(2)15-16-35)29(37)31(27)39-33(40-32)46-23-36-13-7-17-42(36)18-8-14-36/h5-6,9-10,20,24-25H,3-4,7-8,11-19,21-23H2,1-2H3. The van der Waals surface area contributed by atoms with E-state index in [9.17, 15) is 4.79 Å². The van der Waals surface area contributed by atoms with E-state index in [2.05, 4.69) is 29.7 Å². The van der Waals surface area contributed by atoms with Crippen molar-refractivity contribution in [2.45, 2.75) is 101 Å². The van der Waals surface area contributed by atoms with Gasteiger partial charge in [0.15, 0.2) is 5.82 Å². The fourth-order valence-electron chi connectivity index (χ4n) is 8.60. The van der Waals surface area contributed by atoms with Crippen LogP contribution < -0.4 is 9.64 Å². The number of fused-ring (bicyclic) bond motifs is 4. The number of aromatic nitrogens is 3. The zero-order valence-electron chi connectivity index (χ0n) is 27.1. The van der Waals surface area contributed by atoms with Crippen molar-refractivity contribution in [3.63, 3.8) is 0 Å². The molecule has 5 fully saturated rings. The van der Waals surface area contributed by atoms with E-state index in [1.54, 1.807) is 6.20 Å².